The predicted molar refractivity (Wildman–Crippen MR) is 92.7 cm³/mol. The second-order valence-corrected chi connectivity index (χ2v) is 6.17. The van der Waals surface area contributed by atoms with Crippen molar-refractivity contribution in [3.05, 3.63) is 41.3 Å². The molecule has 0 spiro atoms. The second-order valence-electron chi connectivity index (χ2n) is 6.17. The Bertz CT molecular complexity index is 702. The highest BCUT2D eigenvalue weighted by molar-refractivity contribution is 5.49. The third-order valence-electron chi connectivity index (χ3n) is 4.46. The molecule has 6 heteroatoms. The number of halogens is 1. The first-order valence-electron chi connectivity index (χ1n) is 8.29. The lowest BCUT2D eigenvalue weighted by molar-refractivity contribution is 0.401. The molecule has 0 radical (unpaired) electrons. The van der Waals surface area contributed by atoms with Crippen LogP contribution in [0.15, 0.2) is 24.3 Å². The summed E-state index contributed by atoms with van der Waals surface area (Å²) in [4.78, 5) is 10.8. The molecule has 0 bridgehead atoms. The Morgan fingerprint density at radius 1 is 1.21 bits per heavy atom. The van der Waals surface area contributed by atoms with Crippen LogP contribution in [0.3, 0.4) is 0 Å². The summed E-state index contributed by atoms with van der Waals surface area (Å²) in [5.74, 6) is 1.50. The van der Waals surface area contributed by atoms with E-state index in [4.69, 9.17) is 10.5 Å². The van der Waals surface area contributed by atoms with Crippen molar-refractivity contribution in [3.8, 4) is 5.75 Å². The van der Waals surface area contributed by atoms with Crippen molar-refractivity contribution in [1.29, 1.82) is 0 Å². The standard InChI is InChI=1S/C18H23FN4O/c1-12-10-17(22-18(20)21-12)23-9-5-3-4-6-15(23)14-11-13(19)7-8-16(14)24-2/h7-8,10-11,15H,3-6,9H2,1-2H3,(H2,20,21,22)/t15-/m1/s1. The molecule has 1 aliphatic rings. The van der Waals surface area contributed by atoms with E-state index in [1.807, 2.05) is 13.0 Å². The van der Waals surface area contributed by atoms with Crippen molar-refractivity contribution in [2.24, 2.45) is 0 Å². The Labute approximate surface area is 141 Å². The van der Waals surface area contributed by atoms with Gasteiger partial charge in [0.05, 0.1) is 13.2 Å². The molecule has 2 aromatic rings. The first-order chi connectivity index (χ1) is 11.6. The van der Waals surface area contributed by atoms with Crippen molar-refractivity contribution < 1.29 is 9.13 Å². The number of aromatic nitrogens is 2. The van der Waals surface area contributed by atoms with E-state index in [-0.39, 0.29) is 17.8 Å². The van der Waals surface area contributed by atoms with Crippen LogP contribution in [0.2, 0.25) is 0 Å². The van der Waals surface area contributed by atoms with Crippen LogP contribution in [-0.2, 0) is 0 Å². The van der Waals surface area contributed by atoms with E-state index < -0.39 is 0 Å². The van der Waals surface area contributed by atoms with Crippen molar-refractivity contribution in [3.63, 3.8) is 0 Å². The van der Waals surface area contributed by atoms with E-state index in [2.05, 4.69) is 14.9 Å². The number of nitrogens with two attached hydrogens (primary N) is 1. The molecule has 1 aliphatic heterocycles. The highest BCUT2D eigenvalue weighted by atomic mass is 19.1. The maximum Gasteiger partial charge on any atom is 0.222 e. The fourth-order valence-electron chi connectivity index (χ4n) is 3.39. The maximum absolute atomic E-state index is 13.9. The average Bonchev–Trinajstić information content (AvgIpc) is 2.79. The molecule has 2 N–H and O–H groups in total. The Morgan fingerprint density at radius 3 is 2.79 bits per heavy atom. The van der Waals surface area contributed by atoms with Crippen LogP contribution in [0.5, 0.6) is 5.75 Å². The van der Waals surface area contributed by atoms with Gasteiger partial charge in [0.25, 0.3) is 0 Å². The van der Waals surface area contributed by atoms with Crippen molar-refractivity contribution >= 4 is 11.8 Å². The summed E-state index contributed by atoms with van der Waals surface area (Å²) >= 11 is 0. The molecule has 1 aromatic carbocycles. The topological polar surface area (TPSA) is 64.3 Å². The molecule has 1 aromatic heterocycles. The monoisotopic (exact) mass is 330 g/mol. The lowest BCUT2D eigenvalue weighted by Crippen LogP contribution is -2.30. The van der Waals surface area contributed by atoms with Crippen LogP contribution in [-0.4, -0.2) is 23.6 Å². The molecule has 3 rings (SSSR count). The van der Waals surface area contributed by atoms with Gasteiger partial charge in [-0.3, -0.25) is 0 Å². The Balaban J connectivity index is 2.06. The van der Waals surface area contributed by atoms with Crippen LogP contribution in [0.25, 0.3) is 0 Å². The highest BCUT2D eigenvalue weighted by Crippen LogP contribution is 2.38. The minimum atomic E-state index is -0.256. The van der Waals surface area contributed by atoms with Gasteiger partial charge in [0.2, 0.25) is 5.95 Å². The Kier molecular flexibility index (Phi) is 4.83. The zero-order chi connectivity index (χ0) is 17.1. The number of methoxy groups -OCH3 is 1. The summed E-state index contributed by atoms with van der Waals surface area (Å²) < 4.78 is 19.4. The first-order valence-corrected chi connectivity index (χ1v) is 8.29. The van der Waals surface area contributed by atoms with E-state index in [9.17, 15) is 4.39 Å². The fourth-order valence-corrected chi connectivity index (χ4v) is 3.39. The van der Waals surface area contributed by atoms with Crippen LogP contribution in [0, 0.1) is 12.7 Å². The number of hydrogen-bond acceptors (Lipinski definition) is 5. The van der Waals surface area contributed by atoms with Gasteiger partial charge < -0.3 is 15.4 Å². The van der Waals surface area contributed by atoms with Crippen LogP contribution < -0.4 is 15.4 Å². The fraction of sp³-hybridized carbons (Fsp3) is 0.444. The molecule has 2 heterocycles. The minimum Gasteiger partial charge on any atom is -0.496 e. The van der Waals surface area contributed by atoms with Crippen LogP contribution >= 0.6 is 0 Å². The minimum absolute atomic E-state index is 0.00634. The number of nitrogens with zero attached hydrogens (tertiary/aromatic N) is 3. The van der Waals surface area contributed by atoms with Crippen LogP contribution in [0.1, 0.15) is 43.0 Å². The summed E-state index contributed by atoms with van der Waals surface area (Å²) in [6.45, 7) is 2.75. The van der Waals surface area contributed by atoms with Gasteiger partial charge in [-0.1, -0.05) is 12.8 Å². The molecule has 0 unspecified atom stereocenters. The summed E-state index contributed by atoms with van der Waals surface area (Å²) in [5, 5.41) is 0. The van der Waals surface area contributed by atoms with Gasteiger partial charge in [-0.2, -0.15) is 4.98 Å². The molecule has 128 valence electrons. The Morgan fingerprint density at radius 2 is 2.04 bits per heavy atom. The predicted octanol–water partition coefficient (Wildman–Crippen LogP) is 3.64. The first kappa shape index (κ1) is 16.5. The van der Waals surface area contributed by atoms with Gasteiger partial charge in [-0.25, -0.2) is 9.37 Å². The molecule has 0 aliphatic carbocycles. The van der Waals surface area contributed by atoms with Crippen molar-refractivity contribution in [1.82, 2.24) is 9.97 Å². The smallest absolute Gasteiger partial charge is 0.222 e. The molecule has 5 nitrogen and oxygen atoms in total. The van der Waals surface area contributed by atoms with Crippen LogP contribution in [0.4, 0.5) is 16.2 Å². The van der Waals surface area contributed by atoms with Gasteiger partial charge in [0.1, 0.15) is 17.4 Å². The van der Waals surface area contributed by atoms with E-state index >= 15 is 0 Å². The summed E-state index contributed by atoms with van der Waals surface area (Å²) in [5.41, 5.74) is 7.52. The Hall–Kier alpha value is -2.37. The average molecular weight is 330 g/mol. The summed E-state index contributed by atoms with van der Waals surface area (Å²) in [6, 6.07) is 6.62. The van der Waals surface area contributed by atoms with Crippen molar-refractivity contribution in [2.75, 3.05) is 24.3 Å². The van der Waals surface area contributed by atoms with Gasteiger partial charge in [0.15, 0.2) is 0 Å². The molecule has 24 heavy (non-hydrogen) atoms. The third-order valence-corrected chi connectivity index (χ3v) is 4.46. The number of benzene rings is 1. The highest BCUT2D eigenvalue weighted by Gasteiger charge is 2.27. The third kappa shape index (κ3) is 3.42. The molecule has 0 amide bonds. The number of ether oxygens (including phenoxy) is 1. The lowest BCUT2D eigenvalue weighted by Gasteiger charge is -2.32. The SMILES string of the molecule is COc1ccc(F)cc1[C@H]1CCCCCN1c1cc(C)nc(N)n1. The zero-order valence-corrected chi connectivity index (χ0v) is 14.1. The number of anilines is 2. The number of rotatable bonds is 3. The number of nitrogen functional groups attached to an aromatic ring is 1. The van der Waals surface area contributed by atoms with E-state index in [0.717, 1.165) is 49.3 Å². The number of hydrogen-bond donors (Lipinski definition) is 1. The second kappa shape index (κ2) is 7.03. The van der Waals surface area contributed by atoms with Gasteiger partial charge in [-0.05, 0) is 38.0 Å². The summed E-state index contributed by atoms with van der Waals surface area (Å²) in [6.07, 6.45) is 4.21. The molecule has 1 atom stereocenters. The van der Waals surface area contributed by atoms with Gasteiger partial charge in [0, 0.05) is 23.9 Å². The quantitative estimate of drug-likeness (QED) is 0.931. The number of aryl methyl sites for hydroxylation is 1. The van der Waals surface area contributed by atoms with Crippen molar-refractivity contribution in [2.45, 2.75) is 38.6 Å². The van der Waals surface area contributed by atoms with Gasteiger partial charge in [-0.15, -0.1) is 0 Å². The molecule has 1 fully saturated rings. The maximum atomic E-state index is 13.9. The van der Waals surface area contributed by atoms with E-state index in [0.29, 0.717) is 5.75 Å². The normalized spacial score (nSPS) is 18.3. The van der Waals surface area contributed by atoms with E-state index in [1.54, 1.807) is 19.2 Å². The zero-order valence-electron chi connectivity index (χ0n) is 14.1. The lowest BCUT2D eigenvalue weighted by atomic mass is 9.99. The summed E-state index contributed by atoms with van der Waals surface area (Å²) in [7, 11) is 1.62. The van der Waals surface area contributed by atoms with E-state index in [1.165, 1.54) is 6.07 Å². The molecular weight excluding hydrogens is 307 g/mol. The molecular formula is C18H23FN4O. The largest absolute Gasteiger partial charge is 0.496 e. The molecule has 1 saturated heterocycles. The van der Waals surface area contributed by atoms with Gasteiger partial charge >= 0.3 is 0 Å². The molecule has 0 saturated carbocycles.